The lowest BCUT2D eigenvalue weighted by molar-refractivity contribution is 0.0419. The van der Waals surface area contributed by atoms with Crippen LogP contribution in [-0.2, 0) is 4.74 Å². The van der Waals surface area contributed by atoms with Gasteiger partial charge in [0.2, 0.25) is 0 Å². The number of hydrogen-bond acceptors (Lipinski definition) is 2. The van der Waals surface area contributed by atoms with Crippen molar-refractivity contribution in [3.05, 3.63) is 0 Å². The van der Waals surface area contributed by atoms with Crippen LogP contribution in [0.25, 0.3) is 0 Å². The second-order valence-electron chi connectivity index (χ2n) is 5.81. The topological polar surface area (TPSA) is 29.5 Å². The van der Waals surface area contributed by atoms with Crippen LogP contribution in [0.15, 0.2) is 0 Å². The molecule has 0 spiro atoms. The first-order chi connectivity index (χ1) is 7.75. The van der Waals surface area contributed by atoms with Crippen molar-refractivity contribution >= 4 is 0 Å². The zero-order chi connectivity index (χ0) is 11.4. The minimum absolute atomic E-state index is 0.0271. The van der Waals surface area contributed by atoms with Crippen molar-refractivity contribution in [1.29, 1.82) is 0 Å². The van der Waals surface area contributed by atoms with Crippen LogP contribution in [0.1, 0.15) is 58.3 Å². The average Bonchev–Trinajstić information content (AvgIpc) is 2.76. The molecular formula is C14H26O2. The van der Waals surface area contributed by atoms with Gasteiger partial charge in [-0.15, -0.1) is 0 Å². The summed E-state index contributed by atoms with van der Waals surface area (Å²) in [7, 11) is 0. The van der Waals surface area contributed by atoms with Gasteiger partial charge in [-0.05, 0) is 56.8 Å². The lowest BCUT2D eigenvalue weighted by Crippen LogP contribution is -2.28. The highest BCUT2D eigenvalue weighted by Gasteiger charge is 2.27. The van der Waals surface area contributed by atoms with E-state index in [2.05, 4.69) is 6.92 Å². The summed E-state index contributed by atoms with van der Waals surface area (Å²) in [6, 6.07) is 0. The van der Waals surface area contributed by atoms with Crippen LogP contribution >= 0.6 is 0 Å². The zero-order valence-electron chi connectivity index (χ0n) is 10.5. The Hall–Kier alpha value is -0.0800. The predicted molar refractivity (Wildman–Crippen MR) is 65.3 cm³/mol. The van der Waals surface area contributed by atoms with Crippen LogP contribution in [0.5, 0.6) is 0 Å². The maximum Gasteiger partial charge on any atom is 0.0576 e. The Morgan fingerprint density at radius 3 is 2.81 bits per heavy atom. The summed E-state index contributed by atoms with van der Waals surface area (Å²) in [5, 5.41) is 9.95. The molecule has 4 atom stereocenters. The molecule has 2 rings (SSSR count). The molecule has 4 unspecified atom stereocenters. The van der Waals surface area contributed by atoms with Crippen molar-refractivity contribution in [3.8, 4) is 0 Å². The molecule has 2 aliphatic rings. The van der Waals surface area contributed by atoms with Crippen molar-refractivity contribution in [2.24, 2.45) is 11.8 Å². The molecular weight excluding hydrogens is 200 g/mol. The summed E-state index contributed by atoms with van der Waals surface area (Å²) in [6.07, 6.45) is 10.1. The normalized spacial score (nSPS) is 40.1. The average molecular weight is 226 g/mol. The third-order valence-corrected chi connectivity index (χ3v) is 4.33. The summed E-state index contributed by atoms with van der Waals surface area (Å²) in [6.45, 7) is 3.28. The summed E-state index contributed by atoms with van der Waals surface area (Å²) >= 11 is 0. The van der Waals surface area contributed by atoms with Crippen LogP contribution in [0.3, 0.4) is 0 Å². The Kier molecular flexibility index (Phi) is 4.66. The molecule has 16 heavy (non-hydrogen) atoms. The summed E-state index contributed by atoms with van der Waals surface area (Å²) in [5.74, 6) is 1.38. The molecule has 1 N–H and O–H groups in total. The molecule has 0 amide bonds. The highest BCUT2D eigenvalue weighted by molar-refractivity contribution is 4.78. The lowest BCUT2D eigenvalue weighted by atomic mass is 9.78. The smallest absolute Gasteiger partial charge is 0.0576 e. The van der Waals surface area contributed by atoms with E-state index < -0.39 is 0 Å². The van der Waals surface area contributed by atoms with Crippen molar-refractivity contribution in [2.45, 2.75) is 70.5 Å². The highest BCUT2D eigenvalue weighted by atomic mass is 16.5. The quantitative estimate of drug-likeness (QED) is 0.798. The van der Waals surface area contributed by atoms with E-state index in [1.807, 2.05) is 0 Å². The van der Waals surface area contributed by atoms with E-state index in [9.17, 15) is 5.11 Å². The minimum atomic E-state index is -0.0271. The van der Waals surface area contributed by atoms with E-state index in [4.69, 9.17) is 4.74 Å². The number of ether oxygens (including phenoxy) is 1. The Morgan fingerprint density at radius 2 is 2.06 bits per heavy atom. The molecule has 0 radical (unpaired) electrons. The number of aliphatic hydroxyl groups is 1. The van der Waals surface area contributed by atoms with Crippen LogP contribution in [0.4, 0.5) is 0 Å². The van der Waals surface area contributed by atoms with Gasteiger partial charge in [0.15, 0.2) is 0 Å². The molecule has 2 fully saturated rings. The Labute approximate surface area is 99.4 Å². The van der Waals surface area contributed by atoms with Gasteiger partial charge in [-0.1, -0.05) is 13.3 Å². The number of aliphatic hydroxyl groups excluding tert-OH is 1. The third-order valence-electron chi connectivity index (χ3n) is 4.33. The molecule has 1 saturated carbocycles. The van der Waals surface area contributed by atoms with E-state index in [-0.39, 0.29) is 6.10 Å². The first-order valence-electron chi connectivity index (χ1n) is 7.05. The third kappa shape index (κ3) is 3.46. The molecule has 0 bridgehead atoms. The summed E-state index contributed by atoms with van der Waals surface area (Å²) in [4.78, 5) is 0. The predicted octanol–water partition coefficient (Wildman–Crippen LogP) is 3.13. The molecule has 1 heterocycles. The molecule has 2 nitrogen and oxygen atoms in total. The van der Waals surface area contributed by atoms with Gasteiger partial charge in [-0.3, -0.25) is 0 Å². The fraction of sp³-hybridized carbons (Fsp3) is 1.00. The molecule has 1 aliphatic heterocycles. The standard InChI is InChI=1S/C14H26O2/c1-11-7-8-14(15)12(10-11)4-2-5-13-6-3-9-16-13/h11-15H,2-10H2,1H3. The largest absolute Gasteiger partial charge is 0.393 e. The van der Waals surface area contributed by atoms with Crippen molar-refractivity contribution in [3.63, 3.8) is 0 Å². The Bertz CT molecular complexity index is 199. The SMILES string of the molecule is CC1CCC(O)C(CCCC2CCCO2)C1. The highest BCUT2D eigenvalue weighted by Crippen LogP contribution is 2.32. The van der Waals surface area contributed by atoms with Crippen molar-refractivity contribution in [2.75, 3.05) is 6.61 Å². The first kappa shape index (κ1) is 12.4. The van der Waals surface area contributed by atoms with Gasteiger partial charge in [-0.2, -0.15) is 0 Å². The fourth-order valence-corrected chi connectivity index (χ4v) is 3.27. The maximum absolute atomic E-state index is 9.95. The monoisotopic (exact) mass is 226 g/mol. The number of hydrogen-bond donors (Lipinski definition) is 1. The summed E-state index contributed by atoms with van der Waals surface area (Å²) in [5.41, 5.74) is 0. The molecule has 1 aliphatic carbocycles. The van der Waals surface area contributed by atoms with Crippen LogP contribution in [-0.4, -0.2) is 23.9 Å². The second kappa shape index (κ2) is 6.02. The van der Waals surface area contributed by atoms with E-state index >= 15 is 0 Å². The van der Waals surface area contributed by atoms with Gasteiger partial charge in [0.25, 0.3) is 0 Å². The van der Waals surface area contributed by atoms with E-state index in [1.54, 1.807) is 0 Å². The van der Waals surface area contributed by atoms with Gasteiger partial charge in [-0.25, -0.2) is 0 Å². The van der Waals surface area contributed by atoms with Gasteiger partial charge >= 0.3 is 0 Å². The molecule has 0 aromatic heterocycles. The molecule has 0 aromatic rings. The lowest BCUT2D eigenvalue weighted by Gasteiger charge is -2.31. The minimum Gasteiger partial charge on any atom is -0.393 e. The second-order valence-corrected chi connectivity index (χ2v) is 5.81. The van der Waals surface area contributed by atoms with Crippen LogP contribution in [0, 0.1) is 11.8 Å². The summed E-state index contributed by atoms with van der Waals surface area (Å²) < 4.78 is 5.63. The van der Waals surface area contributed by atoms with E-state index in [0.717, 1.165) is 18.9 Å². The fourth-order valence-electron chi connectivity index (χ4n) is 3.27. The van der Waals surface area contributed by atoms with E-state index in [1.165, 1.54) is 44.9 Å². The zero-order valence-corrected chi connectivity index (χ0v) is 10.5. The van der Waals surface area contributed by atoms with E-state index in [0.29, 0.717) is 12.0 Å². The van der Waals surface area contributed by atoms with Crippen molar-refractivity contribution in [1.82, 2.24) is 0 Å². The molecule has 1 saturated heterocycles. The van der Waals surface area contributed by atoms with Gasteiger partial charge in [0, 0.05) is 6.61 Å². The van der Waals surface area contributed by atoms with Crippen LogP contribution in [0.2, 0.25) is 0 Å². The van der Waals surface area contributed by atoms with Gasteiger partial charge in [0.05, 0.1) is 12.2 Å². The van der Waals surface area contributed by atoms with Crippen molar-refractivity contribution < 1.29 is 9.84 Å². The number of rotatable bonds is 4. The van der Waals surface area contributed by atoms with Gasteiger partial charge in [0.1, 0.15) is 0 Å². The molecule has 0 aromatic carbocycles. The Morgan fingerprint density at radius 1 is 1.19 bits per heavy atom. The van der Waals surface area contributed by atoms with Crippen LogP contribution < -0.4 is 0 Å². The first-order valence-corrected chi connectivity index (χ1v) is 7.05. The Balaban J connectivity index is 1.63. The maximum atomic E-state index is 9.95. The molecule has 94 valence electrons. The van der Waals surface area contributed by atoms with Gasteiger partial charge < -0.3 is 9.84 Å². The molecule has 2 heteroatoms.